The molecule has 7 aliphatic heterocycles. The Hall–Kier alpha value is -11.8. The summed E-state index contributed by atoms with van der Waals surface area (Å²) in [5.74, 6) is 5.05. The van der Waals surface area contributed by atoms with Crippen LogP contribution in [0.1, 0.15) is 125 Å². The minimum Gasteiger partial charge on any atom is -0.479 e. The van der Waals surface area contributed by atoms with E-state index in [2.05, 4.69) is 107 Å². The molecule has 0 saturated carbocycles. The van der Waals surface area contributed by atoms with Crippen molar-refractivity contribution in [3.05, 3.63) is 213 Å². The lowest BCUT2D eigenvalue weighted by Gasteiger charge is -2.21. The molecule has 670 valence electrons. The monoisotopic (exact) mass is 1890 g/mol. The Morgan fingerprint density at radius 1 is 0.477 bits per heavy atom. The standard InChI is InChI=1S/C24H21N5O.C14H14ClN3O.C10H8N2.C9H12N2O5S2.C9H12N2OS2.C7H6Cl2N2O.C7H8N2O3.C5H8O2.C2H3NS/c1-16-13-20-18(14-25)9-5-11-21(20)29(16)24-27-22(19-10-6-12-30-23(19)28-24)26-15-17-7-3-2-4-8-17;15-14-17-12(11-7-4-8-19-13(11)18-14)16-9-10-5-2-1-3-6-10;1-7-5-9-8(6-11)3-2-4-10(9)12-7;1-17(12,13)8-6-4-3-5-16-7(6)10-9(11-8)18(2,14)15;1-13-8-6-4-3-5-12-7(6)10-9(11-8)14-2;8-5-4-2-1-3-12-6(4)11-7(9)10-5;10-5-4-2-1-3-12-6(4)9-7(11)8-5;6-5-3-1-2-4-7-5;1-4-2-3/h2-5,7-9,11,13H,6,10,12,15H2,1H3,(H,26,27,28);1-3,5-6H,4,7-9H2,(H,16,17,18);2-5,12H,1H3;3-5H2,1-2H3;3-5H2,1-2H3;1-3H2;1-3H2,(H2,8,9,10,11);1-4H2;1H3. The number of thioether (sulfide) groups is 3. The van der Waals surface area contributed by atoms with Crippen molar-refractivity contribution >= 4 is 129 Å². The van der Waals surface area contributed by atoms with E-state index in [-0.39, 0.29) is 33.0 Å². The Balaban J connectivity index is 0.000000145. The van der Waals surface area contributed by atoms with Gasteiger partial charge in [-0.05, 0) is 205 Å². The fourth-order valence-corrected chi connectivity index (χ4v) is 16.7. The van der Waals surface area contributed by atoms with Crippen LogP contribution < -0.4 is 50.3 Å². The highest BCUT2D eigenvalue weighted by molar-refractivity contribution is 8.03. The summed E-state index contributed by atoms with van der Waals surface area (Å²) in [6.07, 6.45) is 20.6. The molecule has 33 nitrogen and oxygen atoms in total. The third-order valence-electron chi connectivity index (χ3n) is 19.5. The zero-order valence-electron chi connectivity index (χ0n) is 71.0. The van der Waals surface area contributed by atoms with Gasteiger partial charge < -0.3 is 48.8 Å². The summed E-state index contributed by atoms with van der Waals surface area (Å²) in [6.45, 7) is 9.77. The lowest BCUT2D eigenvalue weighted by atomic mass is 10.1. The van der Waals surface area contributed by atoms with Gasteiger partial charge in [-0.25, -0.2) is 41.6 Å². The van der Waals surface area contributed by atoms with Gasteiger partial charge in [-0.1, -0.05) is 96.2 Å². The number of aromatic nitrogens is 14. The maximum Gasteiger partial charge on any atom is 0.328 e. The van der Waals surface area contributed by atoms with Crippen LogP contribution in [0.15, 0.2) is 139 Å². The largest absolute Gasteiger partial charge is 0.479 e. The highest BCUT2D eigenvalue weighted by Crippen LogP contribution is 2.37. The van der Waals surface area contributed by atoms with Crippen molar-refractivity contribution in [3.8, 4) is 58.8 Å². The van der Waals surface area contributed by atoms with Gasteiger partial charge in [0.05, 0.1) is 103 Å². The number of halogens is 3. The Morgan fingerprint density at radius 3 is 1.52 bits per heavy atom. The average molecular weight is 1890 g/mol. The van der Waals surface area contributed by atoms with Crippen molar-refractivity contribution in [2.24, 2.45) is 0 Å². The number of nitrogens with zero attached hydrogens (tertiary/aromatic N) is 14. The first-order valence-electron chi connectivity index (χ1n) is 40.5. The predicted octanol–water partition coefficient (Wildman–Crippen LogP) is 14.8. The molecule has 41 heteroatoms. The molecular formula is C87H92Cl3N19O14S5. The minimum atomic E-state index is -3.69. The third-order valence-corrected chi connectivity index (χ3v) is 23.5. The maximum absolute atomic E-state index is 11.6. The van der Waals surface area contributed by atoms with Crippen molar-refractivity contribution in [2.45, 2.75) is 144 Å². The fraction of sp³-hybridized carbons (Fsp3) is 0.356. The SMILES string of the molecule is CS(=O)(=O)c1nc2c(c(S(C)(=O)=O)n1)CCCO2.CSC#N.CSc1nc2c(c(SC)n1)CCCO2.Cc1cc2c(C#N)cccc2[nH]1.Cc1cc2c(C#N)cccc2n1-c1nc(NCc2ccccc2)c2c(n1)OCCC2.Clc1nc(Cl)c2c(n1)OCCC2.Clc1nc(NCc2ccccc2)c2c(n1)OCCC2.O=C1CCCCO1.O=c1[nH]c2c(c(=O)[nH]1)CCCO2. The van der Waals surface area contributed by atoms with Crippen molar-refractivity contribution in [1.82, 2.24) is 69.4 Å². The number of cyclic esters (lactones) is 1. The Labute approximate surface area is 766 Å². The number of H-pyrrole nitrogens is 3. The van der Waals surface area contributed by atoms with Crippen LogP contribution in [0.4, 0.5) is 11.6 Å². The number of anilines is 2. The van der Waals surface area contributed by atoms with Gasteiger partial charge in [0, 0.05) is 65.3 Å². The van der Waals surface area contributed by atoms with Gasteiger partial charge in [-0.3, -0.25) is 24.1 Å². The molecule has 12 aromatic rings. The van der Waals surface area contributed by atoms with E-state index in [0.717, 1.165) is 185 Å². The Morgan fingerprint density at radius 2 is 0.984 bits per heavy atom. The molecule has 19 rings (SSSR count). The van der Waals surface area contributed by atoms with E-state index in [1.54, 1.807) is 29.8 Å². The zero-order chi connectivity index (χ0) is 91.3. The number of fused-ring (bicyclic) bond motifs is 8. The summed E-state index contributed by atoms with van der Waals surface area (Å²) in [6, 6.07) is 40.3. The molecule has 1 fully saturated rings. The number of nitriles is 3. The topological polar surface area (TPSA) is 461 Å². The van der Waals surface area contributed by atoms with Crippen LogP contribution in [0.3, 0.4) is 0 Å². The summed E-state index contributed by atoms with van der Waals surface area (Å²) in [5, 5.41) is 38.2. The molecule has 128 heavy (non-hydrogen) atoms. The second-order valence-corrected chi connectivity index (χ2v) is 35.9. The molecular weight excluding hydrogens is 1800 g/mol. The molecule has 0 spiro atoms. The van der Waals surface area contributed by atoms with Crippen LogP contribution >= 0.6 is 70.1 Å². The van der Waals surface area contributed by atoms with Gasteiger partial charge in [-0.2, -0.15) is 45.7 Å². The lowest BCUT2D eigenvalue weighted by Crippen LogP contribution is -2.29. The number of rotatable bonds is 11. The maximum atomic E-state index is 11.6. The van der Waals surface area contributed by atoms with Gasteiger partial charge in [0.1, 0.15) is 27.2 Å². The number of nitrogens with one attached hydrogen (secondary N) is 5. The minimum absolute atomic E-state index is 0.0359. The molecule has 0 amide bonds. The number of aryl methyl sites for hydroxylation is 2. The number of hydrogen-bond acceptors (Lipinski definition) is 32. The van der Waals surface area contributed by atoms with Crippen molar-refractivity contribution < 1.29 is 54.8 Å². The van der Waals surface area contributed by atoms with Crippen LogP contribution in [0.25, 0.3) is 27.8 Å². The quantitative estimate of drug-likeness (QED) is 0.0264. The van der Waals surface area contributed by atoms with Crippen molar-refractivity contribution in [1.29, 1.82) is 15.8 Å². The fourth-order valence-electron chi connectivity index (χ4n) is 13.6. The number of sulfone groups is 2. The van der Waals surface area contributed by atoms with Gasteiger partial charge in [0.15, 0.2) is 20.0 Å². The van der Waals surface area contributed by atoms with E-state index >= 15 is 0 Å². The lowest BCUT2D eigenvalue weighted by molar-refractivity contribution is -0.146. The number of aromatic amines is 3. The summed E-state index contributed by atoms with van der Waals surface area (Å²) >= 11 is 21.7. The zero-order valence-corrected chi connectivity index (χ0v) is 77.4. The number of hydrogen-bond donors (Lipinski definition) is 5. The van der Waals surface area contributed by atoms with Gasteiger partial charge in [0.2, 0.25) is 61.6 Å². The molecule has 0 unspecified atom stereocenters. The number of ether oxygens (including phenoxy) is 7. The van der Waals surface area contributed by atoms with E-state index in [1.807, 2.05) is 121 Å². The summed E-state index contributed by atoms with van der Waals surface area (Å²) < 4.78 is 85.3. The first-order chi connectivity index (χ1) is 61.8. The highest BCUT2D eigenvalue weighted by Gasteiger charge is 2.29. The van der Waals surface area contributed by atoms with Crippen LogP contribution in [0, 0.1) is 47.2 Å². The van der Waals surface area contributed by atoms with E-state index < -0.39 is 30.5 Å². The first-order valence-corrected chi connectivity index (χ1v) is 49.1. The molecule has 5 N–H and O–H groups in total. The summed E-state index contributed by atoms with van der Waals surface area (Å²) in [5.41, 5.74) is 11.9. The molecule has 0 atom stereocenters. The van der Waals surface area contributed by atoms with E-state index in [9.17, 15) is 36.5 Å². The Kier molecular flexibility index (Phi) is 35.8. The first kappa shape index (κ1) is 96.8. The van der Waals surface area contributed by atoms with Crippen LogP contribution in [0.2, 0.25) is 15.7 Å². The number of carbonyl (C=O) groups is 1. The van der Waals surface area contributed by atoms with Crippen LogP contribution in [0.5, 0.6) is 35.3 Å². The van der Waals surface area contributed by atoms with E-state index in [4.69, 9.17) is 83.7 Å². The highest BCUT2D eigenvalue weighted by atomic mass is 35.5. The molecule has 1 saturated heterocycles. The molecule has 4 aromatic carbocycles. The Bertz CT molecular complexity index is 6390. The second-order valence-electron chi connectivity index (χ2n) is 28.9. The van der Waals surface area contributed by atoms with Gasteiger partial charge >= 0.3 is 11.7 Å². The van der Waals surface area contributed by atoms with Crippen molar-refractivity contribution in [2.75, 3.05) is 88.2 Å². The molecule has 0 aliphatic carbocycles. The van der Waals surface area contributed by atoms with Crippen LogP contribution in [-0.2, 0) is 80.8 Å². The van der Waals surface area contributed by atoms with E-state index in [1.165, 1.54) is 16.7 Å². The third kappa shape index (κ3) is 26.9. The van der Waals surface area contributed by atoms with Gasteiger partial charge in [0.25, 0.3) is 10.7 Å². The molecule has 8 aromatic heterocycles. The van der Waals surface area contributed by atoms with E-state index in [0.29, 0.717) is 130 Å². The van der Waals surface area contributed by atoms with Gasteiger partial charge in [-0.15, -0.1) is 11.8 Å². The molecule has 0 bridgehead atoms. The molecule has 15 heterocycles. The summed E-state index contributed by atoms with van der Waals surface area (Å²) in [7, 11) is -7.31. The normalized spacial score (nSPS) is 13.9. The molecule has 7 aliphatic rings. The number of esters is 1. The molecule has 0 radical (unpaired) electrons. The number of benzene rings is 4. The second kappa shape index (κ2) is 47.3. The van der Waals surface area contributed by atoms with Crippen LogP contribution in [-0.4, -0.2) is 170 Å². The summed E-state index contributed by atoms with van der Waals surface area (Å²) in [4.78, 5) is 81.9. The van der Waals surface area contributed by atoms with Crippen molar-refractivity contribution in [3.63, 3.8) is 0 Å². The average Bonchev–Trinajstić information content (AvgIpc) is 1.51. The number of thiocyanates is 1. The predicted molar refractivity (Wildman–Crippen MR) is 491 cm³/mol. The smallest absolute Gasteiger partial charge is 0.328 e. The number of carbonyl (C=O) groups excluding carboxylic acids is 1.